The van der Waals surface area contributed by atoms with E-state index in [4.69, 9.17) is 16.3 Å². The zero-order chi connectivity index (χ0) is 11.3. The highest BCUT2D eigenvalue weighted by molar-refractivity contribution is 6.30. The summed E-state index contributed by atoms with van der Waals surface area (Å²) < 4.78 is 4.93. The summed E-state index contributed by atoms with van der Waals surface area (Å²) in [6.45, 7) is 4.32. The number of amides is 1. The Morgan fingerprint density at radius 2 is 2.33 bits per heavy atom. The van der Waals surface area contributed by atoms with Crippen molar-refractivity contribution in [1.82, 2.24) is 4.98 Å². The molecule has 0 aromatic carbocycles. The molecule has 4 nitrogen and oxygen atoms in total. The van der Waals surface area contributed by atoms with Crippen LogP contribution in [-0.4, -0.2) is 17.7 Å². The number of carbonyl (C=O) groups excluding carboxylic acids is 1. The second-order valence-electron chi connectivity index (χ2n) is 3.51. The van der Waals surface area contributed by atoms with Crippen molar-refractivity contribution in [2.24, 2.45) is 5.92 Å². The van der Waals surface area contributed by atoms with Gasteiger partial charge in [-0.2, -0.15) is 0 Å². The van der Waals surface area contributed by atoms with E-state index in [-0.39, 0.29) is 0 Å². The molecule has 1 rings (SSSR count). The third-order valence-corrected chi connectivity index (χ3v) is 1.71. The molecule has 0 aliphatic carbocycles. The Hall–Kier alpha value is -1.29. The van der Waals surface area contributed by atoms with E-state index >= 15 is 0 Å². The molecule has 1 aromatic rings. The molecule has 0 aliphatic heterocycles. The number of halogens is 1. The van der Waals surface area contributed by atoms with Gasteiger partial charge in [-0.3, -0.25) is 10.3 Å². The largest absolute Gasteiger partial charge is 0.449 e. The molecule has 0 unspecified atom stereocenters. The Kier molecular flexibility index (Phi) is 4.37. The van der Waals surface area contributed by atoms with Crippen molar-refractivity contribution in [1.29, 1.82) is 0 Å². The maximum absolute atomic E-state index is 11.2. The summed E-state index contributed by atoms with van der Waals surface area (Å²) in [6.07, 6.45) is 2.50. The number of hydrogen-bond acceptors (Lipinski definition) is 3. The quantitative estimate of drug-likeness (QED) is 0.866. The van der Waals surface area contributed by atoms with Gasteiger partial charge in [0.25, 0.3) is 0 Å². The molecule has 1 amide bonds. The normalized spacial score (nSPS) is 10.1. The fourth-order valence-corrected chi connectivity index (χ4v) is 1.05. The molecule has 5 heteroatoms. The maximum atomic E-state index is 11.2. The summed E-state index contributed by atoms with van der Waals surface area (Å²) in [5.41, 5.74) is 0.524. The lowest BCUT2D eigenvalue weighted by molar-refractivity contribution is 0.147. The standard InChI is InChI=1S/C10H13ClN2O2/c1-7(2)6-15-10(14)13-9-3-8(11)4-12-5-9/h3-5,7H,6H2,1-2H3,(H,13,14). The summed E-state index contributed by atoms with van der Waals surface area (Å²) in [5.74, 6) is 0.313. The van der Waals surface area contributed by atoms with Crippen LogP contribution in [0.5, 0.6) is 0 Å². The third kappa shape index (κ3) is 4.65. The van der Waals surface area contributed by atoms with Gasteiger partial charge >= 0.3 is 6.09 Å². The molecular formula is C10H13ClN2O2. The van der Waals surface area contributed by atoms with Crippen molar-refractivity contribution in [2.75, 3.05) is 11.9 Å². The molecule has 0 fully saturated rings. The highest BCUT2D eigenvalue weighted by Gasteiger charge is 2.04. The smallest absolute Gasteiger partial charge is 0.411 e. The van der Waals surface area contributed by atoms with Gasteiger partial charge in [0.15, 0.2) is 0 Å². The molecule has 1 N–H and O–H groups in total. The number of carbonyl (C=O) groups is 1. The average molecular weight is 229 g/mol. The molecule has 0 aliphatic rings. The van der Waals surface area contributed by atoms with Crippen LogP contribution in [0.25, 0.3) is 0 Å². The first-order valence-electron chi connectivity index (χ1n) is 4.62. The number of pyridine rings is 1. The Morgan fingerprint density at radius 1 is 1.60 bits per heavy atom. The van der Waals surface area contributed by atoms with E-state index in [1.807, 2.05) is 13.8 Å². The molecule has 82 valence electrons. The second-order valence-corrected chi connectivity index (χ2v) is 3.95. The molecule has 0 saturated carbocycles. The molecular weight excluding hydrogens is 216 g/mol. The minimum Gasteiger partial charge on any atom is -0.449 e. The van der Waals surface area contributed by atoms with Crippen LogP contribution in [0.3, 0.4) is 0 Å². The zero-order valence-electron chi connectivity index (χ0n) is 8.66. The van der Waals surface area contributed by atoms with Gasteiger partial charge in [-0.05, 0) is 12.0 Å². The van der Waals surface area contributed by atoms with E-state index in [1.165, 1.54) is 12.4 Å². The lowest BCUT2D eigenvalue weighted by atomic mass is 10.2. The summed E-state index contributed by atoms with van der Waals surface area (Å²) in [6, 6.07) is 1.60. The number of nitrogens with one attached hydrogen (secondary N) is 1. The second kappa shape index (κ2) is 5.56. The first-order valence-corrected chi connectivity index (χ1v) is 5.00. The lowest BCUT2D eigenvalue weighted by Gasteiger charge is -2.08. The van der Waals surface area contributed by atoms with Crippen LogP contribution in [0.15, 0.2) is 18.5 Å². The predicted molar refractivity (Wildman–Crippen MR) is 59.1 cm³/mol. The van der Waals surface area contributed by atoms with Crippen molar-refractivity contribution >= 4 is 23.4 Å². The van der Waals surface area contributed by atoms with Crippen molar-refractivity contribution in [3.63, 3.8) is 0 Å². The Morgan fingerprint density at radius 3 is 2.93 bits per heavy atom. The van der Waals surface area contributed by atoms with Gasteiger partial charge in [0.05, 0.1) is 23.5 Å². The third-order valence-electron chi connectivity index (χ3n) is 1.50. The molecule has 1 heterocycles. The SMILES string of the molecule is CC(C)COC(=O)Nc1cncc(Cl)c1. The lowest BCUT2D eigenvalue weighted by Crippen LogP contribution is -2.16. The van der Waals surface area contributed by atoms with Crippen LogP contribution < -0.4 is 5.32 Å². The van der Waals surface area contributed by atoms with Gasteiger partial charge in [0.1, 0.15) is 0 Å². The van der Waals surface area contributed by atoms with Gasteiger partial charge in [0, 0.05) is 6.20 Å². The average Bonchev–Trinajstić information content (AvgIpc) is 2.15. The zero-order valence-corrected chi connectivity index (χ0v) is 9.41. The van der Waals surface area contributed by atoms with E-state index in [2.05, 4.69) is 10.3 Å². The van der Waals surface area contributed by atoms with Crippen molar-refractivity contribution < 1.29 is 9.53 Å². The number of hydrogen-bond donors (Lipinski definition) is 1. The van der Waals surface area contributed by atoms with Gasteiger partial charge in [0.2, 0.25) is 0 Å². The summed E-state index contributed by atoms with van der Waals surface area (Å²) in [7, 11) is 0. The number of aromatic nitrogens is 1. The number of ether oxygens (including phenoxy) is 1. The van der Waals surface area contributed by atoms with Crippen molar-refractivity contribution in [3.8, 4) is 0 Å². The molecule has 0 spiro atoms. The Balaban J connectivity index is 2.44. The number of nitrogens with zero attached hydrogens (tertiary/aromatic N) is 1. The van der Waals surface area contributed by atoms with E-state index < -0.39 is 6.09 Å². The predicted octanol–water partition coefficient (Wildman–Crippen LogP) is 2.94. The van der Waals surface area contributed by atoms with Crippen LogP contribution in [0.4, 0.5) is 10.5 Å². The first kappa shape index (κ1) is 11.8. The van der Waals surface area contributed by atoms with Gasteiger partial charge in [-0.15, -0.1) is 0 Å². The fraction of sp³-hybridized carbons (Fsp3) is 0.400. The summed E-state index contributed by atoms with van der Waals surface area (Å²) in [4.78, 5) is 15.1. The molecule has 0 bridgehead atoms. The fourth-order valence-electron chi connectivity index (χ4n) is 0.877. The van der Waals surface area contributed by atoms with Crippen LogP contribution in [-0.2, 0) is 4.74 Å². The van der Waals surface area contributed by atoms with E-state index in [0.717, 1.165) is 0 Å². The van der Waals surface area contributed by atoms with Crippen molar-refractivity contribution in [2.45, 2.75) is 13.8 Å². The van der Waals surface area contributed by atoms with Crippen LogP contribution in [0, 0.1) is 5.92 Å². The summed E-state index contributed by atoms with van der Waals surface area (Å²) in [5, 5.41) is 3.00. The number of anilines is 1. The Labute approximate surface area is 93.6 Å². The maximum Gasteiger partial charge on any atom is 0.411 e. The molecule has 15 heavy (non-hydrogen) atoms. The van der Waals surface area contributed by atoms with Crippen molar-refractivity contribution in [3.05, 3.63) is 23.5 Å². The highest BCUT2D eigenvalue weighted by atomic mass is 35.5. The monoisotopic (exact) mass is 228 g/mol. The topological polar surface area (TPSA) is 51.2 Å². The molecule has 0 radical (unpaired) electrons. The first-order chi connectivity index (χ1) is 7.08. The van der Waals surface area contributed by atoms with E-state index in [9.17, 15) is 4.79 Å². The van der Waals surface area contributed by atoms with Gasteiger partial charge < -0.3 is 4.74 Å². The van der Waals surface area contributed by atoms with Gasteiger partial charge in [-0.1, -0.05) is 25.4 Å². The van der Waals surface area contributed by atoms with E-state index in [1.54, 1.807) is 6.07 Å². The van der Waals surface area contributed by atoms with Crippen LogP contribution >= 0.6 is 11.6 Å². The number of rotatable bonds is 3. The molecule has 1 aromatic heterocycles. The summed E-state index contributed by atoms with van der Waals surface area (Å²) >= 11 is 5.70. The van der Waals surface area contributed by atoms with Crippen LogP contribution in [0.2, 0.25) is 5.02 Å². The Bertz CT molecular complexity index is 342. The molecule has 0 atom stereocenters. The van der Waals surface area contributed by atoms with Gasteiger partial charge in [-0.25, -0.2) is 4.79 Å². The van der Waals surface area contributed by atoms with Crippen LogP contribution in [0.1, 0.15) is 13.8 Å². The van der Waals surface area contributed by atoms with E-state index in [0.29, 0.717) is 23.2 Å². The minimum absolute atomic E-state index is 0.313. The minimum atomic E-state index is -0.493. The highest BCUT2D eigenvalue weighted by Crippen LogP contribution is 2.12. The molecule has 0 saturated heterocycles.